The minimum atomic E-state index is -4.80. The molecule has 1 saturated heterocycles. The second kappa shape index (κ2) is 9.40. The molecule has 3 heterocycles. The minimum Gasteiger partial charge on any atom is -0.373 e. The van der Waals surface area contributed by atoms with Crippen LogP contribution in [-0.4, -0.2) is 40.5 Å². The minimum absolute atomic E-state index is 0.120. The molecule has 0 saturated carbocycles. The molecule has 2 aliphatic rings. The highest BCUT2D eigenvalue weighted by molar-refractivity contribution is 6.01. The average molecular weight is 481 g/mol. The number of nitrogens with zero attached hydrogens (tertiary/aromatic N) is 2. The topological polar surface area (TPSA) is 63.6 Å². The number of carbonyl (C=O) groups excluding carboxylic acids is 2. The number of nitrogens with one attached hydrogen (secondary N) is 1. The monoisotopic (exact) mass is 481 g/mol. The predicted octanol–water partition coefficient (Wildman–Crippen LogP) is 4.68. The number of carbonyl (C=O) groups is 2. The molecule has 10 heteroatoms. The molecule has 184 valence electrons. The Balaban J connectivity index is 1.61. The Bertz CT molecular complexity index is 1100. The quantitative estimate of drug-likeness (QED) is 0.631. The fourth-order valence-electron chi connectivity index (χ4n) is 4.72. The third-order valence-electron chi connectivity index (χ3n) is 6.60. The van der Waals surface area contributed by atoms with Crippen molar-refractivity contribution in [3.8, 4) is 0 Å². The van der Waals surface area contributed by atoms with Crippen molar-refractivity contribution in [2.75, 3.05) is 13.2 Å². The number of aromatic nitrogens is 1. The first-order chi connectivity index (χ1) is 16.1. The number of alkyl halides is 3. The lowest BCUT2D eigenvalue weighted by atomic mass is 10.0. The van der Waals surface area contributed by atoms with Crippen LogP contribution in [0, 0.1) is 5.82 Å². The van der Waals surface area contributed by atoms with E-state index in [1.54, 1.807) is 17.9 Å². The first-order valence-electron chi connectivity index (χ1n) is 11.4. The molecule has 1 aromatic heterocycles. The van der Waals surface area contributed by atoms with Gasteiger partial charge in [0.1, 0.15) is 11.5 Å². The number of likely N-dealkylation sites (tertiary alicyclic amines) is 1. The maximum Gasteiger partial charge on any atom is 0.419 e. The molecule has 34 heavy (non-hydrogen) atoms. The second-order valence-electron chi connectivity index (χ2n) is 8.76. The van der Waals surface area contributed by atoms with Gasteiger partial charge in [-0.25, -0.2) is 4.39 Å². The summed E-state index contributed by atoms with van der Waals surface area (Å²) in [5, 5.41) is 2.78. The van der Waals surface area contributed by atoms with Crippen LogP contribution in [0.25, 0.3) is 0 Å². The molecule has 0 spiro atoms. The summed E-state index contributed by atoms with van der Waals surface area (Å²) in [6, 6.07) is 3.63. The van der Waals surface area contributed by atoms with Gasteiger partial charge in [-0.05, 0) is 49.9 Å². The Morgan fingerprint density at radius 3 is 2.62 bits per heavy atom. The molecule has 2 amide bonds. The summed E-state index contributed by atoms with van der Waals surface area (Å²) in [6.45, 7) is 5.42. The molecule has 0 aliphatic carbocycles. The van der Waals surface area contributed by atoms with Gasteiger partial charge in [0.25, 0.3) is 11.8 Å². The van der Waals surface area contributed by atoms with Crippen molar-refractivity contribution < 1.29 is 31.9 Å². The third kappa shape index (κ3) is 4.55. The molecule has 2 aliphatic heterocycles. The summed E-state index contributed by atoms with van der Waals surface area (Å²) in [5.74, 6) is -2.01. The number of ether oxygens (including phenoxy) is 1. The van der Waals surface area contributed by atoms with Gasteiger partial charge in [-0.15, -0.1) is 0 Å². The van der Waals surface area contributed by atoms with Gasteiger partial charge >= 0.3 is 6.18 Å². The standard InChI is InChI=1S/C24H27F4N3O3/c1-3-19(15-6-7-17(18(25)11-15)24(26,27)28)29-22(32)16-12-20(31-9-10-34-13-21(16)31)23(33)30-8-4-5-14(30)2/h6-7,11-12,14,19H,3-5,8-10,13H2,1-2H3,(H,29,32)/t14-,19-/m0/s1. The average Bonchev–Trinajstić information content (AvgIpc) is 3.39. The van der Waals surface area contributed by atoms with E-state index in [1.165, 1.54) is 6.07 Å². The van der Waals surface area contributed by atoms with Crippen molar-refractivity contribution in [3.05, 3.63) is 58.2 Å². The van der Waals surface area contributed by atoms with E-state index in [0.717, 1.165) is 18.9 Å². The highest BCUT2D eigenvalue weighted by atomic mass is 19.4. The first-order valence-corrected chi connectivity index (χ1v) is 11.4. The zero-order valence-corrected chi connectivity index (χ0v) is 19.0. The van der Waals surface area contributed by atoms with Gasteiger partial charge in [0.2, 0.25) is 0 Å². The van der Waals surface area contributed by atoms with Crippen molar-refractivity contribution in [2.45, 2.75) is 64.5 Å². The third-order valence-corrected chi connectivity index (χ3v) is 6.60. The summed E-state index contributed by atoms with van der Waals surface area (Å²) in [7, 11) is 0. The van der Waals surface area contributed by atoms with E-state index >= 15 is 0 Å². The smallest absolute Gasteiger partial charge is 0.373 e. The van der Waals surface area contributed by atoms with E-state index in [2.05, 4.69) is 5.32 Å². The van der Waals surface area contributed by atoms with Crippen LogP contribution in [0.5, 0.6) is 0 Å². The Morgan fingerprint density at radius 2 is 2.00 bits per heavy atom. The molecule has 1 N–H and O–H groups in total. The lowest BCUT2D eigenvalue weighted by Crippen LogP contribution is -2.35. The lowest BCUT2D eigenvalue weighted by molar-refractivity contribution is -0.140. The first kappa shape index (κ1) is 24.3. The SMILES string of the molecule is CC[C@H](NC(=O)c1cc(C(=O)N2CCC[C@@H]2C)n2c1COCC2)c1ccc(C(F)(F)F)c(F)c1. The van der Waals surface area contributed by atoms with E-state index in [1.807, 2.05) is 11.5 Å². The van der Waals surface area contributed by atoms with Gasteiger partial charge in [0.05, 0.1) is 36.1 Å². The number of hydrogen-bond donors (Lipinski definition) is 1. The maximum absolute atomic E-state index is 14.1. The molecule has 1 aromatic carbocycles. The van der Waals surface area contributed by atoms with Crippen LogP contribution in [0.4, 0.5) is 17.6 Å². The van der Waals surface area contributed by atoms with E-state index in [0.29, 0.717) is 43.6 Å². The summed E-state index contributed by atoms with van der Waals surface area (Å²) >= 11 is 0. The van der Waals surface area contributed by atoms with Crippen molar-refractivity contribution in [1.29, 1.82) is 0 Å². The Kier molecular flexibility index (Phi) is 6.71. The van der Waals surface area contributed by atoms with E-state index in [9.17, 15) is 27.2 Å². The molecule has 2 aromatic rings. The molecule has 0 radical (unpaired) electrons. The molecule has 0 bridgehead atoms. The molecular formula is C24H27F4N3O3. The van der Waals surface area contributed by atoms with Crippen LogP contribution < -0.4 is 5.32 Å². The van der Waals surface area contributed by atoms with E-state index in [4.69, 9.17) is 4.74 Å². The van der Waals surface area contributed by atoms with Crippen molar-refractivity contribution >= 4 is 11.8 Å². The van der Waals surface area contributed by atoms with Crippen LogP contribution in [0.15, 0.2) is 24.3 Å². The highest BCUT2D eigenvalue weighted by Crippen LogP contribution is 2.33. The molecule has 1 fully saturated rings. The van der Waals surface area contributed by atoms with Crippen molar-refractivity contribution in [2.24, 2.45) is 0 Å². The molecule has 0 unspecified atom stereocenters. The molecule has 6 nitrogen and oxygen atoms in total. The molecule has 2 atom stereocenters. The zero-order chi connectivity index (χ0) is 24.6. The highest BCUT2D eigenvalue weighted by Gasteiger charge is 2.35. The number of benzene rings is 1. The normalized spacial score (nSPS) is 19.1. The van der Waals surface area contributed by atoms with Crippen LogP contribution >= 0.6 is 0 Å². The summed E-state index contributed by atoms with van der Waals surface area (Å²) in [5.41, 5.74) is 0.155. The fraction of sp³-hybridized carbons (Fsp3) is 0.500. The lowest BCUT2D eigenvalue weighted by Gasteiger charge is -2.24. The summed E-state index contributed by atoms with van der Waals surface area (Å²) in [4.78, 5) is 28.2. The van der Waals surface area contributed by atoms with Gasteiger partial charge in [-0.3, -0.25) is 9.59 Å². The summed E-state index contributed by atoms with van der Waals surface area (Å²) in [6.07, 6.45) is -2.61. The maximum atomic E-state index is 14.1. The predicted molar refractivity (Wildman–Crippen MR) is 116 cm³/mol. The number of halogens is 4. The van der Waals surface area contributed by atoms with Crippen LogP contribution in [0.1, 0.15) is 76.8 Å². The fourth-order valence-corrected chi connectivity index (χ4v) is 4.72. The molecular weight excluding hydrogens is 454 g/mol. The Labute approximate surface area is 194 Å². The van der Waals surface area contributed by atoms with E-state index in [-0.39, 0.29) is 29.7 Å². The van der Waals surface area contributed by atoms with Gasteiger partial charge in [-0.1, -0.05) is 13.0 Å². The Morgan fingerprint density at radius 1 is 1.24 bits per heavy atom. The van der Waals surface area contributed by atoms with Gasteiger partial charge in [0.15, 0.2) is 0 Å². The van der Waals surface area contributed by atoms with Crippen LogP contribution in [-0.2, 0) is 24.1 Å². The van der Waals surface area contributed by atoms with Gasteiger partial charge in [0, 0.05) is 19.1 Å². The van der Waals surface area contributed by atoms with Crippen molar-refractivity contribution in [1.82, 2.24) is 14.8 Å². The zero-order valence-electron chi connectivity index (χ0n) is 19.0. The Hall–Kier alpha value is -2.88. The van der Waals surface area contributed by atoms with Crippen LogP contribution in [0.3, 0.4) is 0 Å². The largest absolute Gasteiger partial charge is 0.419 e. The number of fused-ring (bicyclic) bond motifs is 1. The van der Waals surface area contributed by atoms with E-state index < -0.39 is 29.5 Å². The number of amides is 2. The number of hydrogen-bond acceptors (Lipinski definition) is 3. The number of rotatable bonds is 5. The summed E-state index contributed by atoms with van der Waals surface area (Å²) < 4.78 is 60.1. The van der Waals surface area contributed by atoms with Gasteiger partial charge < -0.3 is 19.5 Å². The van der Waals surface area contributed by atoms with Gasteiger partial charge in [-0.2, -0.15) is 13.2 Å². The van der Waals surface area contributed by atoms with Crippen molar-refractivity contribution in [3.63, 3.8) is 0 Å². The van der Waals surface area contributed by atoms with Crippen LogP contribution in [0.2, 0.25) is 0 Å². The second-order valence-corrected chi connectivity index (χ2v) is 8.76. The molecule has 4 rings (SSSR count).